The number of hydrogen-bond donors (Lipinski definition) is 1. The predicted octanol–water partition coefficient (Wildman–Crippen LogP) is 4.34. The maximum absolute atomic E-state index is 6.12. The van der Waals surface area contributed by atoms with Crippen LogP contribution in [0.1, 0.15) is 32.0 Å². The van der Waals surface area contributed by atoms with E-state index in [2.05, 4.69) is 69.9 Å². The zero-order chi connectivity index (χ0) is 14.2. The van der Waals surface area contributed by atoms with Gasteiger partial charge in [-0.05, 0) is 33.6 Å². The van der Waals surface area contributed by atoms with Gasteiger partial charge in [0.1, 0.15) is 5.82 Å². The molecule has 3 nitrogen and oxygen atoms in total. The molecular formula is C14H17Br2N3. The summed E-state index contributed by atoms with van der Waals surface area (Å²) in [5.41, 5.74) is 8.25. The molecule has 0 aliphatic rings. The Labute approximate surface area is 130 Å². The van der Waals surface area contributed by atoms with Crippen molar-refractivity contribution in [1.82, 2.24) is 9.78 Å². The van der Waals surface area contributed by atoms with E-state index in [0.29, 0.717) is 12.4 Å². The molecule has 1 aromatic carbocycles. The first kappa shape index (κ1) is 14.6. The number of hydrogen-bond acceptors (Lipinski definition) is 2. The summed E-state index contributed by atoms with van der Waals surface area (Å²) in [7, 11) is 0. The molecule has 0 amide bonds. The summed E-state index contributed by atoms with van der Waals surface area (Å²) in [4.78, 5) is 0. The molecule has 1 heterocycles. The molecular weight excluding hydrogens is 370 g/mol. The van der Waals surface area contributed by atoms with Gasteiger partial charge in [-0.1, -0.05) is 48.8 Å². The van der Waals surface area contributed by atoms with Crippen LogP contribution in [0.5, 0.6) is 0 Å². The van der Waals surface area contributed by atoms with Crippen molar-refractivity contribution in [3.05, 3.63) is 44.5 Å². The second kappa shape index (κ2) is 5.29. The molecule has 0 bridgehead atoms. The number of nitrogen functional groups attached to an aromatic ring is 1. The molecule has 0 fully saturated rings. The molecule has 0 unspecified atom stereocenters. The predicted molar refractivity (Wildman–Crippen MR) is 86.3 cm³/mol. The molecule has 0 spiro atoms. The van der Waals surface area contributed by atoms with Crippen molar-refractivity contribution in [3.63, 3.8) is 0 Å². The standard InChI is InChI=1S/C14H17Br2N3/c1-14(2,3)12-11(16)13(17)19(18-12)8-9-4-6-10(15)7-5-9/h4-7H,8,17H2,1-3H3. The number of halogens is 2. The SMILES string of the molecule is CC(C)(C)c1nn(Cc2ccc(Br)cc2)c(N)c1Br. The van der Waals surface area contributed by atoms with Crippen molar-refractivity contribution in [2.75, 3.05) is 5.73 Å². The Morgan fingerprint density at radius 3 is 2.21 bits per heavy atom. The van der Waals surface area contributed by atoms with Crippen LogP contribution in [0.4, 0.5) is 5.82 Å². The summed E-state index contributed by atoms with van der Waals surface area (Å²) in [6, 6.07) is 8.18. The monoisotopic (exact) mass is 385 g/mol. The van der Waals surface area contributed by atoms with Crippen molar-refractivity contribution in [2.24, 2.45) is 0 Å². The van der Waals surface area contributed by atoms with Gasteiger partial charge in [-0.15, -0.1) is 0 Å². The van der Waals surface area contributed by atoms with Gasteiger partial charge in [0.15, 0.2) is 0 Å². The Kier molecular flexibility index (Phi) is 4.06. The van der Waals surface area contributed by atoms with E-state index in [4.69, 9.17) is 5.73 Å². The molecule has 0 saturated heterocycles. The van der Waals surface area contributed by atoms with E-state index < -0.39 is 0 Å². The normalized spacial score (nSPS) is 11.8. The van der Waals surface area contributed by atoms with Gasteiger partial charge >= 0.3 is 0 Å². The molecule has 0 radical (unpaired) electrons. The van der Waals surface area contributed by atoms with Crippen LogP contribution in [-0.2, 0) is 12.0 Å². The highest BCUT2D eigenvalue weighted by Gasteiger charge is 2.24. The number of rotatable bonds is 2. The van der Waals surface area contributed by atoms with Gasteiger partial charge < -0.3 is 5.73 Å². The molecule has 2 rings (SSSR count). The molecule has 1 aromatic heterocycles. The molecule has 0 atom stereocenters. The first-order valence-corrected chi connectivity index (χ1v) is 7.64. The van der Waals surface area contributed by atoms with Crippen molar-refractivity contribution in [2.45, 2.75) is 32.7 Å². The quantitative estimate of drug-likeness (QED) is 0.834. The second-order valence-electron chi connectivity index (χ2n) is 5.58. The smallest absolute Gasteiger partial charge is 0.136 e. The fraction of sp³-hybridized carbons (Fsp3) is 0.357. The van der Waals surface area contributed by atoms with E-state index in [9.17, 15) is 0 Å². The van der Waals surface area contributed by atoms with Crippen molar-refractivity contribution in [1.29, 1.82) is 0 Å². The summed E-state index contributed by atoms with van der Waals surface area (Å²) in [5.74, 6) is 0.674. The topological polar surface area (TPSA) is 43.8 Å². The van der Waals surface area contributed by atoms with Crippen LogP contribution in [-0.4, -0.2) is 9.78 Å². The van der Waals surface area contributed by atoms with E-state index in [1.165, 1.54) is 5.56 Å². The minimum absolute atomic E-state index is 0.0298. The number of aromatic nitrogens is 2. The number of nitrogens with two attached hydrogens (primary N) is 1. The molecule has 0 aliphatic carbocycles. The lowest BCUT2D eigenvalue weighted by Crippen LogP contribution is -2.13. The van der Waals surface area contributed by atoms with Crippen molar-refractivity contribution >= 4 is 37.7 Å². The van der Waals surface area contributed by atoms with Crippen LogP contribution in [0.15, 0.2) is 33.2 Å². The van der Waals surface area contributed by atoms with Crippen molar-refractivity contribution < 1.29 is 0 Å². The summed E-state index contributed by atoms with van der Waals surface area (Å²) >= 11 is 6.98. The zero-order valence-electron chi connectivity index (χ0n) is 11.2. The summed E-state index contributed by atoms with van der Waals surface area (Å²) in [5, 5.41) is 4.63. The maximum atomic E-state index is 6.12. The van der Waals surface area contributed by atoms with Gasteiger partial charge in [-0.2, -0.15) is 5.10 Å². The Balaban J connectivity index is 2.34. The Bertz CT molecular complexity index is 580. The molecule has 19 heavy (non-hydrogen) atoms. The van der Waals surface area contributed by atoms with Crippen LogP contribution in [0.2, 0.25) is 0 Å². The van der Waals surface area contributed by atoms with Crippen LogP contribution >= 0.6 is 31.9 Å². The highest BCUT2D eigenvalue weighted by molar-refractivity contribution is 9.11. The molecule has 5 heteroatoms. The largest absolute Gasteiger partial charge is 0.383 e. The van der Waals surface area contributed by atoms with E-state index in [0.717, 1.165) is 14.6 Å². The third-order valence-corrected chi connectivity index (χ3v) is 4.20. The van der Waals surface area contributed by atoms with Gasteiger partial charge in [0.05, 0.1) is 16.7 Å². The lowest BCUT2D eigenvalue weighted by molar-refractivity contribution is 0.544. The molecule has 102 valence electrons. The van der Waals surface area contributed by atoms with E-state index in [-0.39, 0.29) is 5.41 Å². The van der Waals surface area contributed by atoms with E-state index in [1.54, 1.807) is 0 Å². The number of nitrogens with zero attached hydrogens (tertiary/aromatic N) is 2. The lowest BCUT2D eigenvalue weighted by Gasteiger charge is -2.15. The van der Waals surface area contributed by atoms with Crippen LogP contribution in [0.3, 0.4) is 0 Å². The molecule has 0 aliphatic heterocycles. The first-order valence-electron chi connectivity index (χ1n) is 6.06. The number of benzene rings is 1. The molecule has 2 aromatic rings. The summed E-state index contributed by atoms with van der Waals surface area (Å²) < 4.78 is 3.81. The molecule has 2 N–H and O–H groups in total. The Hall–Kier alpha value is -0.810. The average Bonchev–Trinajstić information content (AvgIpc) is 2.60. The average molecular weight is 387 g/mol. The van der Waals surface area contributed by atoms with Crippen molar-refractivity contribution in [3.8, 4) is 0 Å². The van der Waals surface area contributed by atoms with Gasteiger partial charge in [-0.25, -0.2) is 4.68 Å². The van der Waals surface area contributed by atoms with Crippen LogP contribution in [0, 0.1) is 0 Å². The lowest BCUT2D eigenvalue weighted by atomic mass is 9.92. The van der Waals surface area contributed by atoms with E-state index >= 15 is 0 Å². The van der Waals surface area contributed by atoms with Gasteiger partial charge in [0, 0.05) is 9.89 Å². The first-order chi connectivity index (χ1) is 8.79. The highest BCUT2D eigenvalue weighted by atomic mass is 79.9. The maximum Gasteiger partial charge on any atom is 0.136 e. The zero-order valence-corrected chi connectivity index (χ0v) is 14.4. The molecule has 0 saturated carbocycles. The fourth-order valence-corrected chi connectivity index (χ4v) is 2.96. The van der Waals surface area contributed by atoms with Crippen LogP contribution in [0.25, 0.3) is 0 Å². The Morgan fingerprint density at radius 1 is 1.16 bits per heavy atom. The van der Waals surface area contributed by atoms with E-state index in [1.807, 2.05) is 16.8 Å². The van der Waals surface area contributed by atoms with Gasteiger partial charge in [0.25, 0.3) is 0 Å². The number of anilines is 1. The van der Waals surface area contributed by atoms with Gasteiger partial charge in [-0.3, -0.25) is 0 Å². The third kappa shape index (κ3) is 3.20. The highest BCUT2D eigenvalue weighted by Crippen LogP contribution is 2.33. The summed E-state index contributed by atoms with van der Waals surface area (Å²) in [6.07, 6.45) is 0. The van der Waals surface area contributed by atoms with Crippen LogP contribution < -0.4 is 5.73 Å². The third-order valence-electron chi connectivity index (χ3n) is 2.89. The second-order valence-corrected chi connectivity index (χ2v) is 7.29. The minimum Gasteiger partial charge on any atom is -0.383 e. The van der Waals surface area contributed by atoms with Gasteiger partial charge in [0.2, 0.25) is 0 Å². The minimum atomic E-state index is -0.0298. The Morgan fingerprint density at radius 2 is 1.74 bits per heavy atom. The fourth-order valence-electron chi connectivity index (χ4n) is 1.82. The summed E-state index contributed by atoms with van der Waals surface area (Å²) in [6.45, 7) is 7.06.